The van der Waals surface area contributed by atoms with Gasteiger partial charge in [0, 0.05) is 175 Å². The molecule has 3 aliphatic heterocycles. The Labute approximate surface area is 744 Å². The van der Waals surface area contributed by atoms with Crippen LogP contribution in [0.5, 0.6) is 0 Å². The number of methoxy groups -OCH3 is 4. The van der Waals surface area contributed by atoms with Crippen LogP contribution in [-0.2, 0) is 66.0 Å². The van der Waals surface area contributed by atoms with Gasteiger partial charge in [0.1, 0.15) is 5.54 Å². The van der Waals surface area contributed by atoms with Gasteiger partial charge in [-0.15, -0.1) is 0 Å². The summed E-state index contributed by atoms with van der Waals surface area (Å²) in [5.74, 6) is 3.26. The standard InChI is InChI=1S/C21H39N3O2.C21H37N3O2.C18H29N5O.C18H30N4O.C18H31N3O.2CH4/c2*1-5-6-13-24(2)17-19-16-22-23-20(19)18-7-9-21(10-8-18,11-14-25-3)12-15-26-4;1-4-5-10-23(3)12-15-11-19-22-16(15)14-6-8-18(9-7-14)17(24)20-13(2)21-18;1-3-4-11-22(2)13-15-12-20-21-16(15)14-5-7-18(8-6-14)9-10-19-17(18)23;1-3-4-11-21(2)14-16-13-19-20-17(16)15-6-9-18(10-7-15)8-5-12-22-18;;/h16,18H,5-15,17H2,1-4H3,(H,22,23);7,16H,5-6,8-15,17H2,1-4H3,(H,22,23);11,14,21H,2,4-10,12H2,1,3H3,(H,19,22)(H,20,24);12,14H,3-11,13H2,1-2H3,(H,19,23)(H,20,21);13,15H,3-12,14H2,1-2H3,(H,19,20);2*1H4. The summed E-state index contributed by atoms with van der Waals surface area (Å²) in [5.41, 5.74) is 15.1. The number of nitrogens with zero attached hydrogens (tertiary/aromatic N) is 10. The van der Waals surface area contributed by atoms with Gasteiger partial charge in [0.25, 0.3) is 5.91 Å². The lowest BCUT2D eigenvalue weighted by atomic mass is 9.66. The summed E-state index contributed by atoms with van der Waals surface area (Å²) in [5, 5.41) is 47.1. The van der Waals surface area contributed by atoms with Gasteiger partial charge in [-0.2, -0.15) is 25.5 Å². The van der Waals surface area contributed by atoms with Crippen LogP contribution in [0.3, 0.4) is 0 Å². The molecule has 0 aromatic carbocycles. The fraction of sp³-hybridized carbons (Fsp3) is 0.786. The monoisotopic (exact) mass is 1720 g/mol. The number of unbranched alkanes of at least 4 members (excludes halogenated alkanes) is 5. The van der Waals surface area contributed by atoms with Gasteiger partial charge in [-0.25, -0.2) is 0 Å². The average molecular weight is 1720 g/mol. The third-order valence-corrected chi connectivity index (χ3v) is 28.8. The molecule has 25 heteroatoms. The van der Waals surface area contributed by atoms with Gasteiger partial charge in [-0.05, 0) is 283 Å². The number of amides is 2. The Hall–Kier alpha value is -6.13. The second-order valence-electron chi connectivity index (χ2n) is 38.0. The number of aromatic nitrogens is 10. The average Bonchev–Trinajstić information content (AvgIpc) is 1.65. The minimum absolute atomic E-state index is 0. The van der Waals surface area contributed by atoms with E-state index < -0.39 is 5.54 Å². The minimum Gasteiger partial charge on any atom is -0.385 e. The molecular formula is C98H174N18O7. The molecular weight excluding hydrogens is 1540 g/mol. The zero-order valence-electron chi connectivity index (χ0n) is 78.1. The molecule has 8 heterocycles. The Morgan fingerprint density at radius 1 is 0.439 bits per heavy atom. The largest absolute Gasteiger partial charge is 0.385 e. The smallest absolute Gasteiger partial charge is 0.251 e. The van der Waals surface area contributed by atoms with Gasteiger partial charge in [0.15, 0.2) is 0 Å². The highest BCUT2D eigenvalue weighted by Gasteiger charge is 2.48. The third-order valence-electron chi connectivity index (χ3n) is 28.8. The van der Waals surface area contributed by atoms with Crippen molar-refractivity contribution in [1.29, 1.82) is 0 Å². The first kappa shape index (κ1) is 104. The number of allylic oxidation sites excluding steroid dienone is 2. The van der Waals surface area contributed by atoms with E-state index in [2.05, 4.69) is 174 Å². The summed E-state index contributed by atoms with van der Waals surface area (Å²) in [6.07, 6.45) is 54.1. The number of carbonyl (C=O) groups is 2. The first-order chi connectivity index (χ1) is 58.7. The first-order valence-electron chi connectivity index (χ1n) is 47.6. The third kappa shape index (κ3) is 30.8. The summed E-state index contributed by atoms with van der Waals surface area (Å²) in [4.78, 5) is 36.3. The van der Waals surface area contributed by atoms with Crippen molar-refractivity contribution >= 4 is 17.4 Å². The van der Waals surface area contributed by atoms with Crippen molar-refractivity contribution in [3.63, 3.8) is 0 Å². The number of hydrogen-bond donors (Lipinski definition) is 8. The van der Waals surface area contributed by atoms with Crippen LogP contribution < -0.4 is 16.0 Å². The zero-order valence-corrected chi connectivity index (χ0v) is 78.1. The summed E-state index contributed by atoms with van der Waals surface area (Å²) in [6, 6.07) is 0. The lowest BCUT2D eigenvalue weighted by molar-refractivity contribution is -0.129. The molecule has 0 atom stereocenters. The molecule has 0 radical (unpaired) electrons. The van der Waals surface area contributed by atoms with Crippen LogP contribution in [-0.4, -0.2) is 234 Å². The summed E-state index contributed by atoms with van der Waals surface area (Å²) in [7, 11) is 18.2. The van der Waals surface area contributed by atoms with Crippen molar-refractivity contribution < 1.29 is 33.3 Å². The Morgan fingerprint density at radius 2 is 0.797 bits per heavy atom. The second-order valence-corrected chi connectivity index (χ2v) is 38.0. The van der Waals surface area contributed by atoms with Gasteiger partial charge >= 0.3 is 0 Å². The fourth-order valence-corrected chi connectivity index (χ4v) is 20.7. The fourth-order valence-electron chi connectivity index (χ4n) is 20.7. The molecule has 0 unspecified atom stereocenters. The molecule has 3 saturated heterocycles. The Bertz CT molecular complexity index is 3720. The first-order valence-corrected chi connectivity index (χ1v) is 47.6. The molecule has 5 aromatic heterocycles. The summed E-state index contributed by atoms with van der Waals surface area (Å²) < 4.78 is 27.5. The highest BCUT2D eigenvalue weighted by molar-refractivity contribution is 5.90. The van der Waals surface area contributed by atoms with Crippen molar-refractivity contribution in [2.24, 2.45) is 16.2 Å². The SMILES string of the molecule is C.C.C=C1NC(=O)C2(CCC(c3[nH]ncc3CN(C)CCCC)CC2)N1.CCCCN(C)Cc1cn[nH]c1C1=CCC(CCOC)(CCOC)CC1.CCCCN(C)Cc1cn[nH]c1C1CCC(CCOC)(CCOC)CC1.CCCCN(C)Cc1cn[nH]c1C1CCC2(CCCO2)CC1.CCCCN(C)Cc1cn[nH]c1C1CCC2(CCNC2=O)CC1. The van der Waals surface area contributed by atoms with Crippen LogP contribution in [0.25, 0.3) is 5.57 Å². The predicted octanol–water partition coefficient (Wildman–Crippen LogP) is 18.8. The number of hydrogen-bond acceptors (Lipinski definition) is 18. The molecule has 4 saturated carbocycles. The summed E-state index contributed by atoms with van der Waals surface area (Å²) in [6.45, 7) is 30.8. The predicted molar refractivity (Wildman–Crippen MR) is 501 cm³/mol. The molecule has 8 aliphatic rings. The normalized spacial score (nSPS) is 20.2. The number of nitrogens with one attached hydrogen (secondary N) is 8. The molecule has 2 amide bonds. The molecule has 123 heavy (non-hydrogen) atoms. The van der Waals surface area contributed by atoms with Crippen LogP contribution in [0.2, 0.25) is 0 Å². The Balaban J connectivity index is 0.000000211. The Kier molecular flexibility index (Phi) is 45.3. The van der Waals surface area contributed by atoms with Crippen LogP contribution in [0.4, 0.5) is 0 Å². The number of aromatic amines is 5. The lowest BCUT2D eigenvalue weighted by Gasteiger charge is -2.40. The highest BCUT2D eigenvalue weighted by atomic mass is 16.5. The number of rotatable bonds is 42. The van der Waals surface area contributed by atoms with Crippen molar-refractivity contribution in [1.82, 2.24) is 91.4 Å². The van der Waals surface area contributed by atoms with E-state index in [-0.39, 0.29) is 31.8 Å². The Morgan fingerprint density at radius 3 is 1.13 bits per heavy atom. The van der Waals surface area contributed by atoms with Crippen LogP contribution in [0, 0.1) is 16.2 Å². The lowest BCUT2D eigenvalue weighted by Crippen LogP contribution is -2.48. The molecule has 3 spiro atoms. The van der Waals surface area contributed by atoms with E-state index in [1.807, 2.05) is 45.2 Å². The second kappa shape index (κ2) is 53.6. The van der Waals surface area contributed by atoms with Gasteiger partial charge in [-0.3, -0.25) is 35.1 Å². The van der Waals surface area contributed by atoms with Crippen molar-refractivity contribution in [2.45, 2.75) is 348 Å². The molecule has 25 nitrogen and oxygen atoms in total. The number of H-pyrrole nitrogens is 5. The van der Waals surface area contributed by atoms with E-state index in [0.717, 1.165) is 195 Å². The van der Waals surface area contributed by atoms with E-state index >= 15 is 0 Å². The minimum atomic E-state index is -0.439. The van der Waals surface area contributed by atoms with Crippen LogP contribution >= 0.6 is 0 Å². The van der Waals surface area contributed by atoms with E-state index in [0.29, 0.717) is 46.2 Å². The molecule has 7 fully saturated rings. The van der Waals surface area contributed by atoms with E-state index in [9.17, 15) is 9.59 Å². The molecule has 5 aliphatic carbocycles. The maximum atomic E-state index is 12.2. The van der Waals surface area contributed by atoms with Gasteiger partial charge in [-0.1, -0.05) is 94.2 Å². The topological polar surface area (TPSA) is 276 Å². The van der Waals surface area contributed by atoms with E-state index in [1.165, 1.54) is 203 Å². The van der Waals surface area contributed by atoms with Crippen molar-refractivity contribution in [3.8, 4) is 0 Å². The highest BCUT2D eigenvalue weighted by Crippen LogP contribution is 2.51. The van der Waals surface area contributed by atoms with E-state index in [4.69, 9.17) is 23.7 Å². The van der Waals surface area contributed by atoms with Crippen LogP contribution in [0.1, 0.15) is 361 Å². The van der Waals surface area contributed by atoms with Crippen molar-refractivity contribution in [3.05, 3.63) is 106 Å². The molecule has 5 aromatic rings. The quantitative estimate of drug-likeness (QED) is 0.0180. The molecule has 698 valence electrons. The number of ether oxygens (including phenoxy) is 5. The van der Waals surface area contributed by atoms with Gasteiger partial charge in [0.2, 0.25) is 5.91 Å². The van der Waals surface area contributed by atoms with Gasteiger partial charge in [0.05, 0.1) is 53.5 Å². The molecule has 0 bridgehead atoms. The molecule has 8 N–H and O–H groups in total. The van der Waals surface area contributed by atoms with E-state index in [1.54, 1.807) is 14.2 Å². The maximum Gasteiger partial charge on any atom is 0.251 e. The maximum absolute atomic E-state index is 12.2. The summed E-state index contributed by atoms with van der Waals surface area (Å²) >= 11 is 0. The molecule has 13 rings (SSSR count). The number of carbonyl (C=O) groups excluding carboxylic acids is 2. The van der Waals surface area contributed by atoms with Crippen LogP contribution in [0.15, 0.2) is 49.5 Å². The van der Waals surface area contributed by atoms with Crippen molar-refractivity contribution in [2.75, 3.05) is 136 Å². The van der Waals surface area contributed by atoms with Gasteiger partial charge < -0.3 is 64.1 Å². The zero-order chi connectivity index (χ0) is 86.5.